The van der Waals surface area contributed by atoms with Gasteiger partial charge in [-0.25, -0.2) is 4.40 Å². The molecule has 3 aromatic rings. The Morgan fingerprint density at radius 2 is 1.46 bits per heavy atom. The van der Waals surface area contributed by atoms with Crippen LogP contribution in [0.4, 0.5) is 0 Å². The maximum Gasteiger partial charge on any atom is 0.0538 e. The summed E-state index contributed by atoms with van der Waals surface area (Å²) in [5.41, 5.74) is 7.63. The van der Waals surface area contributed by atoms with E-state index in [0.29, 0.717) is 0 Å². The van der Waals surface area contributed by atoms with E-state index in [4.69, 9.17) is 0 Å². The number of nitrogens with zero attached hydrogens (tertiary/aromatic N) is 1. The second-order valence-electron chi connectivity index (χ2n) is 9.41. The Hall–Kier alpha value is -1.70. The van der Waals surface area contributed by atoms with E-state index < -0.39 is 0 Å². The molecule has 0 saturated carbocycles. The largest absolute Gasteiger partial charge is 0.221 e. The Bertz CT molecular complexity index is 1300. The Kier molecular flexibility index (Phi) is 30.9. The molecule has 0 amide bonds. The van der Waals surface area contributed by atoms with Crippen molar-refractivity contribution >= 4 is 89.4 Å². The summed E-state index contributed by atoms with van der Waals surface area (Å²) in [6.45, 7) is 22.0. The van der Waals surface area contributed by atoms with Gasteiger partial charge in [0.05, 0.1) is 5.71 Å². The molecule has 0 saturated heterocycles. The third-order valence-corrected chi connectivity index (χ3v) is 9.50. The molecule has 0 aliphatic heterocycles. The van der Waals surface area contributed by atoms with Crippen LogP contribution in [-0.2, 0) is 12.8 Å². The standard InChI is InChI=1S/C32H39NS4.C3H6.2C2H6.CH4S/c1-6-9-10-11-12-27-22-31(36-29(27)18-17-24-13-15-25(16-14-24)19-20-34)32-26(7-2)21-30(37-32)28(8-3)23(4)33-35-5;1-3-2;3*1-2/h8,13-22,34H,6-7,9-12H2,1-5H3;3H,1H2,2H3;2*1-2H3;2H,1H3/b18-17+,20-19+,28-8+,33-23+;;;;. The molecule has 1 nitrogen and oxygen atoms in total. The van der Waals surface area contributed by atoms with Crippen LogP contribution in [0.3, 0.4) is 0 Å². The number of hydrogen-bond acceptors (Lipinski definition) is 6. The van der Waals surface area contributed by atoms with E-state index in [1.54, 1.807) is 17.7 Å². The van der Waals surface area contributed by atoms with E-state index >= 15 is 0 Å². The lowest BCUT2D eigenvalue weighted by Gasteiger charge is -2.02. The molecular weight excluding hydrogens is 655 g/mol. The molecule has 2 heterocycles. The van der Waals surface area contributed by atoms with Crippen molar-refractivity contribution in [2.45, 2.75) is 101 Å². The molecule has 256 valence electrons. The molecule has 3 rings (SSSR count). The zero-order chi connectivity index (χ0) is 35.3. The maximum absolute atomic E-state index is 4.60. The Labute approximate surface area is 307 Å². The minimum absolute atomic E-state index is 1.03. The van der Waals surface area contributed by atoms with Gasteiger partial charge >= 0.3 is 0 Å². The summed E-state index contributed by atoms with van der Waals surface area (Å²) in [6, 6.07) is 13.5. The molecule has 0 aliphatic carbocycles. The van der Waals surface area contributed by atoms with Crippen LogP contribution in [0.5, 0.6) is 0 Å². The summed E-state index contributed by atoms with van der Waals surface area (Å²) in [5.74, 6) is 0. The van der Waals surface area contributed by atoms with Gasteiger partial charge in [0.15, 0.2) is 0 Å². The quantitative estimate of drug-likeness (QED) is 0.0590. The number of unbranched alkanes of at least 4 members (excludes halogenated alkanes) is 3. The molecule has 0 atom stereocenters. The molecule has 0 unspecified atom stereocenters. The van der Waals surface area contributed by atoms with Gasteiger partial charge < -0.3 is 0 Å². The van der Waals surface area contributed by atoms with E-state index in [2.05, 4.69) is 119 Å². The Morgan fingerprint density at radius 1 is 0.870 bits per heavy atom. The molecule has 0 spiro atoms. The zero-order valence-electron chi connectivity index (χ0n) is 30.4. The molecule has 0 N–H and O–H groups in total. The molecule has 6 heteroatoms. The van der Waals surface area contributed by atoms with Gasteiger partial charge in [-0.05, 0) is 110 Å². The lowest BCUT2D eigenvalue weighted by Crippen LogP contribution is -1.93. The van der Waals surface area contributed by atoms with E-state index in [0.717, 1.165) is 18.6 Å². The predicted molar refractivity (Wildman–Crippen MR) is 232 cm³/mol. The lowest BCUT2D eigenvalue weighted by molar-refractivity contribution is 0.667. The minimum atomic E-state index is 1.03. The number of allylic oxidation sites excluding steroid dienone is 3. The smallest absolute Gasteiger partial charge is 0.0538 e. The van der Waals surface area contributed by atoms with Gasteiger partial charge in [-0.3, -0.25) is 0 Å². The van der Waals surface area contributed by atoms with Gasteiger partial charge in [0, 0.05) is 31.3 Å². The first-order valence-corrected chi connectivity index (χ1v) is 20.8. The number of hydrogen-bond donors (Lipinski definition) is 2. The maximum atomic E-state index is 4.60. The van der Waals surface area contributed by atoms with Crippen molar-refractivity contribution in [3.05, 3.63) is 92.5 Å². The average Bonchev–Trinajstić information content (AvgIpc) is 3.70. The van der Waals surface area contributed by atoms with E-state index in [1.165, 1.54) is 85.0 Å². The summed E-state index contributed by atoms with van der Waals surface area (Å²) < 4.78 is 4.60. The Morgan fingerprint density at radius 3 is 1.96 bits per heavy atom. The normalized spacial score (nSPS) is 11.1. The second-order valence-corrected chi connectivity index (χ2v) is 12.4. The number of benzene rings is 1. The fourth-order valence-electron chi connectivity index (χ4n) is 4.36. The van der Waals surface area contributed by atoms with Crippen LogP contribution in [0.15, 0.2) is 64.9 Å². The highest BCUT2D eigenvalue weighted by Gasteiger charge is 2.17. The van der Waals surface area contributed by atoms with E-state index in [9.17, 15) is 0 Å². The summed E-state index contributed by atoms with van der Waals surface area (Å²) in [5, 5.41) is 1.78. The number of thiol groups is 2. The number of rotatable bonds is 13. The predicted octanol–water partition coefficient (Wildman–Crippen LogP) is 15.2. The average molecular weight is 716 g/mol. The summed E-state index contributed by atoms with van der Waals surface area (Å²) in [6.07, 6.45) is 21.5. The van der Waals surface area contributed by atoms with Gasteiger partial charge in [-0.2, -0.15) is 25.3 Å². The van der Waals surface area contributed by atoms with Crippen molar-refractivity contribution in [1.82, 2.24) is 0 Å². The lowest BCUT2D eigenvalue weighted by atomic mass is 10.0. The van der Waals surface area contributed by atoms with Crippen molar-refractivity contribution in [3.8, 4) is 9.75 Å². The molecule has 0 aliphatic rings. The first-order chi connectivity index (χ1) is 22.5. The fraction of sp³-hybridized carbons (Fsp3) is 0.425. The van der Waals surface area contributed by atoms with Gasteiger partial charge in [0.1, 0.15) is 0 Å². The Balaban J connectivity index is 0. The van der Waals surface area contributed by atoms with Crippen LogP contribution < -0.4 is 0 Å². The number of thiophene rings is 2. The first-order valence-electron chi connectivity index (χ1n) is 16.6. The summed E-state index contributed by atoms with van der Waals surface area (Å²) >= 11 is 13.1. The summed E-state index contributed by atoms with van der Waals surface area (Å²) in [4.78, 5) is 5.50. The van der Waals surface area contributed by atoms with Crippen molar-refractivity contribution < 1.29 is 0 Å². The topological polar surface area (TPSA) is 12.4 Å². The highest BCUT2D eigenvalue weighted by molar-refractivity contribution is 7.97. The van der Waals surface area contributed by atoms with Crippen molar-refractivity contribution in [2.75, 3.05) is 12.5 Å². The van der Waals surface area contributed by atoms with E-state index in [1.807, 2.05) is 69.6 Å². The molecule has 1 aromatic carbocycles. The van der Waals surface area contributed by atoms with Crippen LogP contribution in [0, 0.1) is 0 Å². The van der Waals surface area contributed by atoms with Crippen molar-refractivity contribution in [3.63, 3.8) is 0 Å². The highest BCUT2D eigenvalue weighted by Crippen LogP contribution is 2.42. The van der Waals surface area contributed by atoms with E-state index in [-0.39, 0.29) is 0 Å². The third kappa shape index (κ3) is 16.9. The fourth-order valence-corrected chi connectivity index (χ4v) is 7.53. The van der Waals surface area contributed by atoms with Gasteiger partial charge in [0.25, 0.3) is 0 Å². The first kappa shape index (κ1) is 46.4. The third-order valence-electron chi connectivity index (χ3n) is 6.36. The van der Waals surface area contributed by atoms with Crippen LogP contribution >= 0.6 is 59.9 Å². The molecular formula is C40H61NS5. The van der Waals surface area contributed by atoms with Crippen LogP contribution in [0.1, 0.15) is 120 Å². The van der Waals surface area contributed by atoms with Crippen LogP contribution in [0.2, 0.25) is 0 Å². The number of aryl methyl sites for hydroxylation is 2. The van der Waals surface area contributed by atoms with Crippen LogP contribution in [0.25, 0.3) is 33.6 Å². The van der Waals surface area contributed by atoms with Crippen molar-refractivity contribution in [1.29, 1.82) is 0 Å². The molecule has 46 heavy (non-hydrogen) atoms. The SMILES string of the molecule is C/C=C(\C(C)=N\SC)c1cc(CC)c(-c2cc(CCCCCC)c(/C=C/c3ccc(/C=C/S)cc3)s2)s1.C=CC.CC.CC.CS. The zero-order valence-corrected chi connectivity index (χ0v) is 34.7. The molecule has 0 bridgehead atoms. The second kappa shape index (κ2) is 30.6. The van der Waals surface area contributed by atoms with Crippen molar-refractivity contribution in [2.24, 2.45) is 4.40 Å². The minimum Gasteiger partial charge on any atom is -0.221 e. The monoisotopic (exact) mass is 715 g/mol. The molecule has 2 aromatic heterocycles. The van der Waals surface area contributed by atoms with Crippen LogP contribution in [-0.4, -0.2) is 18.2 Å². The summed E-state index contributed by atoms with van der Waals surface area (Å²) in [7, 11) is 0. The van der Waals surface area contributed by atoms with Gasteiger partial charge in [-0.1, -0.05) is 103 Å². The highest BCUT2D eigenvalue weighted by atomic mass is 32.2. The molecule has 0 fully saturated rings. The van der Waals surface area contributed by atoms with Gasteiger partial charge in [0.2, 0.25) is 0 Å². The molecule has 0 radical (unpaired) electrons. The van der Waals surface area contributed by atoms with Gasteiger partial charge in [-0.15, -0.1) is 29.3 Å².